The van der Waals surface area contributed by atoms with E-state index in [1.165, 1.54) is 6.07 Å². The van der Waals surface area contributed by atoms with Crippen molar-refractivity contribution in [3.63, 3.8) is 0 Å². The normalized spacial score (nSPS) is 12.1. The van der Waals surface area contributed by atoms with Crippen LogP contribution in [0.3, 0.4) is 0 Å². The van der Waals surface area contributed by atoms with Crippen LogP contribution in [0.5, 0.6) is 0 Å². The van der Waals surface area contributed by atoms with Gasteiger partial charge in [0.05, 0.1) is 28.6 Å². The molecule has 1 unspecified atom stereocenters. The second-order valence-corrected chi connectivity index (χ2v) is 4.58. The summed E-state index contributed by atoms with van der Waals surface area (Å²) in [4.78, 5) is 11.4. The van der Waals surface area contributed by atoms with Crippen molar-refractivity contribution in [1.82, 2.24) is 0 Å². The number of furan rings is 1. The van der Waals surface area contributed by atoms with Gasteiger partial charge in [-0.15, -0.1) is 0 Å². The maximum Gasteiger partial charge on any atom is 0.250 e. The second-order valence-electron chi connectivity index (χ2n) is 4.17. The third-order valence-electron chi connectivity index (χ3n) is 2.71. The van der Waals surface area contributed by atoms with Gasteiger partial charge in [0.2, 0.25) is 0 Å². The van der Waals surface area contributed by atoms with Crippen molar-refractivity contribution in [3.8, 4) is 0 Å². The molecule has 1 aromatic heterocycles. The highest BCUT2D eigenvalue weighted by Gasteiger charge is 2.17. The first kappa shape index (κ1) is 13.3. The number of amides is 1. The van der Waals surface area contributed by atoms with Crippen LogP contribution in [0.25, 0.3) is 0 Å². The number of nitrogens with two attached hydrogens (primary N) is 2. The fraction of sp³-hybridized carbons (Fsp3) is 0.154. The fourth-order valence-electron chi connectivity index (χ4n) is 1.79. The summed E-state index contributed by atoms with van der Waals surface area (Å²) in [6.07, 6.45) is 1.58. The largest absolute Gasteiger partial charge is 0.467 e. The number of nitrogens with one attached hydrogen (secondary N) is 1. The van der Waals surface area contributed by atoms with Gasteiger partial charge >= 0.3 is 0 Å². The Kier molecular flexibility index (Phi) is 3.66. The number of carbonyl (C=O) groups is 1. The smallest absolute Gasteiger partial charge is 0.250 e. The minimum atomic E-state index is -0.594. The van der Waals surface area contributed by atoms with Gasteiger partial charge in [-0.25, -0.2) is 0 Å². The minimum absolute atomic E-state index is 0.158. The highest BCUT2D eigenvalue weighted by molar-refractivity contribution is 6.34. The molecule has 0 aliphatic rings. The summed E-state index contributed by atoms with van der Waals surface area (Å²) in [5.74, 6) is 0.131. The van der Waals surface area contributed by atoms with E-state index in [4.69, 9.17) is 27.5 Å². The van der Waals surface area contributed by atoms with Crippen molar-refractivity contribution in [2.75, 3.05) is 11.1 Å². The first-order valence-corrected chi connectivity index (χ1v) is 6.05. The van der Waals surface area contributed by atoms with Crippen molar-refractivity contribution in [2.45, 2.75) is 13.0 Å². The Balaban J connectivity index is 2.36. The molecule has 0 radical (unpaired) electrons. The van der Waals surface area contributed by atoms with E-state index in [1.54, 1.807) is 18.4 Å². The number of primary amides is 1. The zero-order valence-corrected chi connectivity index (χ0v) is 11.1. The van der Waals surface area contributed by atoms with Gasteiger partial charge in [-0.1, -0.05) is 11.6 Å². The van der Waals surface area contributed by atoms with Crippen LogP contribution >= 0.6 is 11.6 Å². The van der Waals surface area contributed by atoms with E-state index in [2.05, 4.69) is 5.32 Å². The molecule has 1 atom stereocenters. The van der Waals surface area contributed by atoms with Crippen LogP contribution in [0.2, 0.25) is 5.02 Å². The summed E-state index contributed by atoms with van der Waals surface area (Å²) in [6.45, 7) is 1.89. The van der Waals surface area contributed by atoms with Gasteiger partial charge in [-0.3, -0.25) is 4.79 Å². The van der Waals surface area contributed by atoms with Crippen LogP contribution in [0, 0.1) is 0 Å². The van der Waals surface area contributed by atoms with E-state index in [0.717, 1.165) is 5.76 Å². The number of hydrogen-bond donors (Lipinski definition) is 3. The molecule has 1 amide bonds. The lowest BCUT2D eigenvalue weighted by atomic mass is 10.1. The maximum absolute atomic E-state index is 11.4. The van der Waals surface area contributed by atoms with Gasteiger partial charge in [0.1, 0.15) is 5.76 Å². The minimum Gasteiger partial charge on any atom is -0.467 e. The number of halogens is 1. The molecule has 0 bridgehead atoms. The maximum atomic E-state index is 11.4. The third-order valence-corrected chi connectivity index (χ3v) is 3.01. The summed E-state index contributed by atoms with van der Waals surface area (Å²) in [7, 11) is 0. The van der Waals surface area contributed by atoms with Crippen LogP contribution in [-0.4, -0.2) is 5.91 Å². The molecule has 5 nitrogen and oxygen atoms in total. The van der Waals surface area contributed by atoms with E-state index in [-0.39, 0.29) is 11.6 Å². The molecule has 2 rings (SSSR count). The van der Waals surface area contributed by atoms with Gasteiger partial charge in [-0.05, 0) is 31.2 Å². The lowest BCUT2D eigenvalue weighted by molar-refractivity contribution is 0.100. The second kappa shape index (κ2) is 5.24. The number of hydrogen-bond acceptors (Lipinski definition) is 4. The Bertz CT molecular complexity index is 596. The fourth-order valence-corrected chi connectivity index (χ4v) is 2.08. The molecule has 0 saturated heterocycles. The van der Waals surface area contributed by atoms with Crippen molar-refractivity contribution >= 4 is 28.9 Å². The molecule has 0 saturated carbocycles. The number of benzene rings is 1. The molecule has 0 aliphatic heterocycles. The number of rotatable bonds is 4. The standard InChI is InChI=1S/C13H14ClN3O2/c1-7(11-3-2-4-19-11)17-12-9(13(16)18)5-8(15)6-10(12)14/h2-7,17H,15H2,1H3,(H2,16,18). The highest BCUT2D eigenvalue weighted by Crippen LogP contribution is 2.32. The van der Waals surface area contributed by atoms with Crippen molar-refractivity contribution in [2.24, 2.45) is 5.73 Å². The Morgan fingerprint density at radius 1 is 1.47 bits per heavy atom. The summed E-state index contributed by atoms with van der Waals surface area (Å²) >= 11 is 6.10. The number of nitrogen functional groups attached to an aromatic ring is 1. The van der Waals surface area contributed by atoms with Gasteiger partial charge in [0.25, 0.3) is 5.91 Å². The van der Waals surface area contributed by atoms with Crippen LogP contribution in [-0.2, 0) is 0 Å². The van der Waals surface area contributed by atoms with Crippen LogP contribution in [0.4, 0.5) is 11.4 Å². The summed E-state index contributed by atoms with van der Waals surface area (Å²) in [6, 6.07) is 6.51. The van der Waals surface area contributed by atoms with E-state index in [0.29, 0.717) is 16.4 Å². The molecular formula is C13H14ClN3O2. The molecule has 2 aromatic rings. The van der Waals surface area contributed by atoms with E-state index < -0.39 is 5.91 Å². The van der Waals surface area contributed by atoms with Gasteiger partial charge < -0.3 is 21.2 Å². The molecule has 0 fully saturated rings. The SMILES string of the molecule is CC(Nc1c(Cl)cc(N)cc1C(N)=O)c1ccco1. The van der Waals surface area contributed by atoms with Crippen LogP contribution in [0.1, 0.15) is 29.1 Å². The van der Waals surface area contributed by atoms with Crippen molar-refractivity contribution in [3.05, 3.63) is 46.9 Å². The molecule has 0 spiro atoms. The highest BCUT2D eigenvalue weighted by atomic mass is 35.5. The third kappa shape index (κ3) is 2.82. The molecule has 0 aliphatic carbocycles. The number of carbonyl (C=O) groups excluding carboxylic acids is 1. The summed E-state index contributed by atoms with van der Waals surface area (Å²) in [5.41, 5.74) is 12.1. The van der Waals surface area contributed by atoms with Crippen molar-refractivity contribution < 1.29 is 9.21 Å². The zero-order chi connectivity index (χ0) is 14.0. The average Bonchev–Trinajstić information content (AvgIpc) is 2.85. The first-order chi connectivity index (χ1) is 8.99. The Hall–Kier alpha value is -2.14. The summed E-state index contributed by atoms with van der Waals surface area (Å²) < 4.78 is 5.28. The molecular weight excluding hydrogens is 266 g/mol. The Morgan fingerprint density at radius 2 is 2.21 bits per heavy atom. The van der Waals surface area contributed by atoms with Gasteiger partial charge in [0.15, 0.2) is 0 Å². The van der Waals surface area contributed by atoms with E-state index in [1.807, 2.05) is 13.0 Å². The van der Waals surface area contributed by atoms with Gasteiger partial charge in [0, 0.05) is 5.69 Å². The Morgan fingerprint density at radius 3 is 2.79 bits per heavy atom. The first-order valence-electron chi connectivity index (χ1n) is 5.68. The lowest BCUT2D eigenvalue weighted by Crippen LogP contribution is -2.16. The van der Waals surface area contributed by atoms with E-state index >= 15 is 0 Å². The quantitative estimate of drug-likeness (QED) is 0.750. The topological polar surface area (TPSA) is 94.3 Å². The lowest BCUT2D eigenvalue weighted by Gasteiger charge is -2.17. The Labute approximate surface area is 115 Å². The average molecular weight is 280 g/mol. The summed E-state index contributed by atoms with van der Waals surface area (Å²) in [5, 5.41) is 3.45. The van der Waals surface area contributed by atoms with Gasteiger partial charge in [-0.2, -0.15) is 0 Å². The molecule has 5 N–H and O–H groups in total. The molecule has 1 aromatic carbocycles. The monoisotopic (exact) mass is 279 g/mol. The predicted molar refractivity (Wildman–Crippen MR) is 75.1 cm³/mol. The van der Waals surface area contributed by atoms with Crippen LogP contribution < -0.4 is 16.8 Å². The predicted octanol–water partition coefficient (Wildman–Crippen LogP) is 2.79. The van der Waals surface area contributed by atoms with Crippen LogP contribution in [0.15, 0.2) is 34.9 Å². The molecule has 1 heterocycles. The molecule has 100 valence electrons. The molecule has 6 heteroatoms. The number of anilines is 2. The van der Waals surface area contributed by atoms with E-state index in [9.17, 15) is 4.79 Å². The zero-order valence-electron chi connectivity index (χ0n) is 10.3. The van der Waals surface area contributed by atoms with Crippen molar-refractivity contribution in [1.29, 1.82) is 0 Å². The molecule has 19 heavy (non-hydrogen) atoms.